The second kappa shape index (κ2) is 2.12. The van der Waals surface area contributed by atoms with Gasteiger partial charge in [-0.3, -0.25) is 4.79 Å². The highest BCUT2D eigenvalue weighted by Gasteiger charge is 2.33. The van der Waals surface area contributed by atoms with Gasteiger partial charge in [0, 0.05) is 17.4 Å². The van der Waals surface area contributed by atoms with Crippen LogP contribution < -0.4 is 0 Å². The molecule has 0 aromatic heterocycles. The zero-order chi connectivity index (χ0) is 7.14. The van der Waals surface area contributed by atoms with Crippen LogP contribution in [-0.4, -0.2) is 16.8 Å². The first kappa shape index (κ1) is 6.47. The Hall–Kier alpha value is -0.240. The average molecular weight is 154 g/mol. The van der Waals surface area contributed by atoms with E-state index in [9.17, 15) is 4.79 Å². The third-order valence-corrected chi connectivity index (χ3v) is 3.63. The molecule has 0 radical (unpaired) electrons. The summed E-state index contributed by atoms with van der Waals surface area (Å²) < 4.78 is 0. The van der Waals surface area contributed by atoms with Crippen LogP contribution in [-0.2, 0) is 4.79 Å². The highest BCUT2D eigenvalue weighted by Crippen LogP contribution is 2.41. The highest BCUT2D eigenvalue weighted by atomic mass is 32.2. The second-order valence-corrected chi connectivity index (χ2v) is 4.36. The van der Waals surface area contributed by atoms with Crippen molar-refractivity contribution in [3.8, 4) is 0 Å². The molecule has 2 atom stereocenters. The molecule has 2 aliphatic rings. The molecule has 1 fully saturated rings. The van der Waals surface area contributed by atoms with Crippen LogP contribution >= 0.6 is 11.8 Å². The Kier molecular flexibility index (Phi) is 1.37. The van der Waals surface area contributed by atoms with Gasteiger partial charge in [-0.25, -0.2) is 0 Å². The molecule has 0 N–H and O–H groups in total. The Morgan fingerprint density at radius 3 is 3.20 bits per heavy atom. The Morgan fingerprint density at radius 2 is 2.50 bits per heavy atom. The van der Waals surface area contributed by atoms with Crippen LogP contribution in [0, 0.1) is 5.92 Å². The van der Waals surface area contributed by atoms with Crippen molar-refractivity contribution in [3.05, 3.63) is 11.6 Å². The van der Waals surface area contributed by atoms with Gasteiger partial charge in [0.05, 0.1) is 0 Å². The maximum atomic E-state index is 10.9. The van der Waals surface area contributed by atoms with Crippen molar-refractivity contribution < 1.29 is 4.79 Å². The van der Waals surface area contributed by atoms with Gasteiger partial charge in [0.15, 0.2) is 5.78 Å². The van der Waals surface area contributed by atoms with Gasteiger partial charge in [-0.15, -0.1) is 0 Å². The van der Waals surface area contributed by atoms with Crippen molar-refractivity contribution in [2.24, 2.45) is 5.92 Å². The summed E-state index contributed by atoms with van der Waals surface area (Å²) in [4.78, 5) is 10.9. The summed E-state index contributed by atoms with van der Waals surface area (Å²) in [7, 11) is 0. The Labute approximate surface area is 64.9 Å². The fraction of sp³-hybridized carbons (Fsp3) is 0.625. The predicted octanol–water partition coefficient (Wildman–Crippen LogP) is 1.64. The predicted molar refractivity (Wildman–Crippen MR) is 43.1 cm³/mol. The number of fused-ring (bicyclic) bond motifs is 1. The summed E-state index contributed by atoms with van der Waals surface area (Å²) in [5.74, 6) is 2.11. The minimum atomic E-state index is 0.340. The lowest BCUT2D eigenvalue weighted by atomic mass is 10.0. The smallest absolute Gasteiger partial charge is 0.156 e. The monoisotopic (exact) mass is 154 g/mol. The number of hydrogen-bond acceptors (Lipinski definition) is 2. The van der Waals surface area contributed by atoms with Gasteiger partial charge in [0.25, 0.3) is 0 Å². The van der Waals surface area contributed by atoms with Gasteiger partial charge in [-0.1, -0.05) is 0 Å². The first-order valence-electron chi connectivity index (χ1n) is 3.63. The van der Waals surface area contributed by atoms with Crippen molar-refractivity contribution in [3.63, 3.8) is 0 Å². The van der Waals surface area contributed by atoms with Crippen LogP contribution in [0.1, 0.15) is 13.3 Å². The standard InChI is InChI=1S/C8H10OS/c1-5-8-3-7(9)2-6(8)4-10-5/h3,5-6H,2,4H2,1H3. The van der Waals surface area contributed by atoms with E-state index in [0.29, 0.717) is 17.0 Å². The molecule has 0 spiro atoms. The molecule has 10 heavy (non-hydrogen) atoms. The molecule has 1 aliphatic heterocycles. The first-order chi connectivity index (χ1) is 4.77. The average Bonchev–Trinajstić information content (AvgIpc) is 2.35. The van der Waals surface area contributed by atoms with Crippen molar-refractivity contribution in [2.45, 2.75) is 18.6 Å². The van der Waals surface area contributed by atoms with Crippen LogP contribution in [0.5, 0.6) is 0 Å². The third kappa shape index (κ3) is 0.823. The lowest BCUT2D eigenvalue weighted by Gasteiger charge is -2.01. The van der Waals surface area contributed by atoms with Crippen LogP contribution in [0.2, 0.25) is 0 Å². The highest BCUT2D eigenvalue weighted by molar-refractivity contribution is 8.00. The topological polar surface area (TPSA) is 17.1 Å². The fourth-order valence-corrected chi connectivity index (χ4v) is 2.97. The van der Waals surface area contributed by atoms with Gasteiger partial charge < -0.3 is 0 Å². The molecule has 0 aromatic carbocycles. The molecule has 0 amide bonds. The Bertz CT molecular complexity index is 207. The van der Waals surface area contributed by atoms with E-state index in [1.165, 1.54) is 11.3 Å². The van der Waals surface area contributed by atoms with E-state index >= 15 is 0 Å². The van der Waals surface area contributed by atoms with Crippen LogP contribution in [0.4, 0.5) is 0 Å². The summed E-state index contributed by atoms with van der Waals surface area (Å²) in [5, 5.41) is 0.608. The summed E-state index contributed by atoms with van der Waals surface area (Å²) in [6.45, 7) is 2.19. The summed E-state index contributed by atoms with van der Waals surface area (Å²) >= 11 is 1.97. The number of hydrogen-bond donors (Lipinski definition) is 0. The molecule has 2 heteroatoms. The molecule has 1 saturated heterocycles. The van der Waals surface area contributed by atoms with E-state index in [2.05, 4.69) is 6.92 Å². The molecular weight excluding hydrogens is 144 g/mol. The largest absolute Gasteiger partial charge is 0.295 e. The lowest BCUT2D eigenvalue weighted by molar-refractivity contribution is -0.114. The number of ketones is 1. The molecule has 1 heterocycles. The zero-order valence-electron chi connectivity index (χ0n) is 5.96. The van der Waals surface area contributed by atoms with Crippen molar-refractivity contribution >= 4 is 17.5 Å². The SMILES string of the molecule is CC1SCC2CC(=O)C=C21. The van der Waals surface area contributed by atoms with Crippen LogP contribution in [0.3, 0.4) is 0 Å². The number of rotatable bonds is 0. The number of carbonyl (C=O) groups is 1. The van der Waals surface area contributed by atoms with E-state index in [4.69, 9.17) is 0 Å². The minimum absolute atomic E-state index is 0.340. The van der Waals surface area contributed by atoms with Gasteiger partial charge in [-0.2, -0.15) is 11.8 Å². The molecule has 0 bridgehead atoms. The zero-order valence-corrected chi connectivity index (χ0v) is 6.78. The number of carbonyl (C=O) groups excluding carboxylic acids is 1. The van der Waals surface area contributed by atoms with Crippen molar-refractivity contribution in [1.82, 2.24) is 0 Å². The Balaban J connectivity index is 2.28. The van der Waals surface area contributed by atoms with Gasteiger partial charge >= 0.3 is 0 Å². The molecule has 0 saturated carbocycles. The molecular formula is C8H10OS. The third-order valence-electron chi connectivity index (χ3n) is 2.26. The van der Waals surface area contributed by atoms with E-state index in [1.54, 1.807) is 0 Å². The molecule has 0 aromatic rings. The number of allylic oxidation sites excluding steroid dienone is 1. The minimum Gasteiger partial charge on any atom is -0.295 e. The fourth-order valence-electron chi connectivity index (χ4n) is 1.68. The van der Waals surface area contributed by atoms with Crippen molar-refractivity contribution in [1.29, 1.82) is 0 Å². The maximum Gasteiger partial charge on any atom is 0.156 e. The molecule has 54 valence electrons. The maximum absolute atomic E-state index is 10.9. The quantitative estimate of drug-likeness (QED) is 0.527. The van der Waals surface area contributed by atoms with Gasteiger partial charge in [0.2, 0.25) is 0 Å². The van der Waals surface area contributed by atoms with E-state index in [0.717, 1.165) is 6.42 Å². The van der Waals surface area contributed by atoms with Gasteiger partial charge in [0.1, 0.15) is 0 Å². The van der Waals surface area contributed by atoms with Crippen molar-refractivity contribution in [2.75, 3.05) is 5.75 Å². The van der Waals surface area contributed by atoms with Gasteiger partial charge in [-0.05, 0) is 24.5 Å². The Morgan fingerprint density at radius 1 is 1.70 bits per heavy atom. The normalized spacial score (nSPS) is 38.1. The van der Waals surface area contributed by atoms with E-state index in [1.807, 2.05) is 17.8 Å². The summed E-state index contributed by atoms with van der Waals surface area (Å²) in [5.41, 5.74) is 1.40. The first-order valence-corrected chi connectivity index (χ1v) is 4.68. The molecule has 2 rings (SSSR count). The van der Waals surface area contributed by atoms with E-state index < -0.39 is 0 Å². The van der Waals surface area contributed by atoms with E-state index in [-0.39, 0.29) is 0 Å². The molecule has 2 unspecified atom stereocenters. The number of thioether (sulfide) groups is 1. The summed E-state index contributed by atoms with van der Waals surface area (Å²) in [6.07, 6.45) is 2.64. The molecule has 1 nitrogen and oxygen atoms in total. The second-order valence-electron chi connectivity index (χ2n) is 2.99. The lowest BCUT2D eigenvalue weighted by Crippen LogP contribution is -1.98. The van der Waals surface area contributed by atoms with Crippen LogP contribution in [0.15, 0.2) is 11.6 Å². The van der Waals surface area contributed by atoms with Crippen LogP contribution in [0.25, 0.3) is 0 Å². The molecule has 1 aliphatic carbocycles. The summed E-state index contributed by atoms with van der Waals surface area (Å²) in [6, 6.07) is 0.